The molecule has 2 fully saturated rings. The van der Waals surface area contributed by atoms with Crippen molar-refractivity contribution in [2.24, 2.45) is 5.92 Å². The molecule has 0 radical (unpaired) electrons. The van der Waals surface area contributed by atoms with Crippen molar-refractivity contribution < 1.29 is 18.7 Å². The summed E-state index contributed by atoms with van der Waals surface area (Å²) in [6, 6.07) is -0.0738. The summed E-state index contributed by atoms with van der Waals surface area (Å²) in [4.78, 5) is 20.7. The molecule has 9 nitrogen and oxygen atoms in total. The fourth-order valence-electron chi connectivity index (χ4n) is 4.54. The van der Waals surface area contributed by atoms with Crippen LogP contribution in [0.3, 0.4) is 0 Å². The van der Waals surface area contributed by atoms with Crippen LogP contribution in [0.4, 0.5) is 20.3 Å². The van der Waals surface area contributed by atoms with Crippen molar-refractivity contribution in [3.8, 4) is 11.3 Å². The number of nitrogens with zero attached hydrogens (tertiary/aromatic N) is 4. The number of aliphatic hydroxyl groups excluding tert-OH is 1. The van der Waals surface area contributed by atoms with E-state index < -0.39 is 29.9 Å². The molecule has 3 heterocycles. The largest absolute Gasteiger partial charge is 0.393 e. The Labute approximate surface area is 196 Å². The highest BCUT2D eigenvalue weighted by molar-refractivity contribution is 6.35. The van der Waals surface area contributed by atoms with Crippen LogP contribution in [0.15, 0.2) is 24.8 Å². The van der Waals surface area contributed by atoms with E-state index in [2.05, 4.69) is 30.8 Å². The standard InChI is InChI=1S/C22H20ClF2N7O2/c23-18-17(12-5-27-31-20(12)21(19(18)25)28-9-1-2-10(33)3-9)14-7-32-8-15(29-16(32)6-26-14)30-22(34)11-4-13(11)24/h5-11,13,28,33H,1-4H2,(H,27,31)(H,30,34)/t9-,10+,11?,13?/m0/s1. The summed E-state index contributed by atoms with van der Waals surface area (Å²) in [6.45, 7) is 0. The van der Waals surface area contributed by atoms with Gasteiger partial charge >= 0.3 is 0 Å². The Morgan fingerprint density at radius 1 is 1.26 bits per heavy atom. The molecule has 176 valence electrons. The molecule has 4 aromatic rings. The first kappa shape index (κ1) is 21.2. The van der Waals surface area contributed by atoms with E-state index in [1.807, 2.05) is 0 Å². The van der Waals surface area contributed by atoms with Gasteiger partial charge in [0.1, 0.15) is 6.17 Å². The van der Waals surface area contributed by atoms with E-state index in [9.17, 15) is 14.3 Å². The summed E-state index contributed by atoms with van der Waals surface area (Å²) in [6.07, 6.45) is 6.86. The van der Waals surface area contributed by atoms with Crippen molar-refractivity contribution in [2.75, 3.05) is 10.6 Å². The van der Waals surface area contributed by atoms with Crippen LogP contribution in [-0.2, 0) is 4.79 Å². The number of halogens is 3. The van der Waals surface area contributed by atoms with Gasteiger partial charge in [0.15, 0.2) is 17.3 Å². The summed E-state index contributed by atoms with van der Waals surface area (Å²) < 4.78 is 30.2. The van der Waals surface area contributed by atoms with Crippen LogP contribution in [0, 0.1) is 11.7 Å². The molecule has 2 aliphatic rings. The highest BCUT2D eigenvalue weighted by Gasteiger charge is 2.43. The number of anilines is 2. The Hall–Kier alpha value is -3.31. The number of rotatable bonds is 5. The molecule has 12 heteroatoms. The Balaban J connectivity index is 1.37. The minimum Gasteiger partial charge on any atom is -0.393 e. The number of carbonyl (C=O) groups is 1. The molecule has 34 heavy (non-hydrogen) atoms. The highest BCUT2D eigenvalue weighted by atomic mass is 35.5. The molecule has 0 bridgehead atoms. The van der Waals surface area contributed by atoms with Crippen molar-refractivity contribution in [1.29, 1.82) is 0 Å². The second kappa shape index (κ2) is 7.88. The van der Waals surface area contributed by atoms with E-state index >= 15 is 4.39 Å². The fraction of sp³-hybridized carbons (Fsp3) is 0.364. The van der Waals surface area contributed by atoms with Crippen LogP contribution in [0.2, 0.25) is 5.02 Å². The topological polar surface area (TPSA) is 120 Å². The highest BCUT2D eigenvalue weighted by Crippen LogP contribution is 2.41. The number of alkyl halides is 1. The zero-order valence-electron chi connectivity index (χ0n) is 17.7. The monoisotopic (exact) mass is 487 g/mol. The molecule has 4 N–H and O–H groups in total. The number of H-pyrrole nitrogens is 1. The van der Waals surface area contributed by atoms with Gasteiger partial charge in [-0.15, -0.1) is 0 Å². The maximum absolute atomic E-state index is 15.5. The van der Waals surface area contributed by atoms with Crippen molar-refractivity contribution in [1.82, 2.24) is 24.6 Å². The average Bonchev–Trinajstić information content (AvgIpc) is 3.17. The van der Waals surface area contributed by atoms with Gasteiger partial charge in [-0.3, -0.25) is 14.9 Å². The quantitative estimate of drug-likeness (QED) is 0.341. The van der Waals surface area contributed by atoms with Crippen LogP contribution in [-0.4, -0.2) is 53.9 Å². The normalized spacial score (nSPS) is 24.1. The number of benzene rings is 1. The third kappa shape index (κ3) is 3.55. The summed E-state index contributed by atoms with van der Waals surface area (Å²) >= 11 is 6.50. The molecule has 2 saturated carbocycles. The molecule has 4 atom stereocenters. The van der Waals surface area contributed by atoms with Crippen molar-refractivity contribution in [2.45, 2.75) is 44.0 Å². The van der Waals surface area contributed by atoms with E-state index in [4.69, 9.17) is 11.6 Å². The van der Waals surface area contributed by atoms with Crippen LogP contribution in [0.25, 0.3) is 27.8 Å². The van der Waals surface area contributed by atoms with Crippen LogP contribution < -0.4 is 10.6 Å². The van der Waals surface area contributed by atoms with E-state index in [-0.39, 0.29) is 29.0 Å². The first-order chi connectivity index (χ1) is 16.4. The van der Waals surface area contributed by atoms with E-state index in [0.29, 0.717) is 40.6 Å². The predicted octanol–water partition coefficient (Wildman–Crippen LogP) is 3.69. The first-order valence-electron chi connectivity index (χ1n) is 11.0. The lowest BCUT2D eigenvalue weighted by Crippen LogP contribution is -2.18. The van der Waals surface area contributed by atoms with E-state index in [1.54, 1.807) is 23.0 Å². The number of hydrogen-bond acceptors (Lipinski definition) is 6. The number of imidazole rings is 1. The molecule has 6 rings (SSSR count). The molecule has 0 saturated heterocycles. The molecule has 0 spiro atoms. The second-order valence-corrected chi connectivity index (χ2v) is 9.23. The number of aromatic amines is 1. The van der Waals surface area contributed by atoms with Gasteiger partial charge in [0.25, 0.3) is 0 Å². The van der Waals surface area contributed by atoms with Gasteiger partial charge in [-0.1, -0.05) is 11.6 Å². The van der Waals surface area contributed by atoms with Gasteiger partial charge < -0.3 is 20.1 Å². The van der Waals surface area contributed by atoms with Crippen molar-refractivity contribution in [3.63, 3.8) is 0 Å². The molecule has 1 aromatic carbocycles. The molecule has 1 amide bonds. The fourth-order valence-corrected chi connectivity index (χ4v) is 4.83. The average molecular weight is 488 g/mol. The van der Waals surface area contributed by atoms with E-state index in [0.717, 1.165) is 6.42 Å². The maximum atomic E-state index is 15.5. The summed E-state index contributed by atoms with van der Waals surface area (Å²) in [5.74, 6) is -1.41. The Kier molecular flexibility index (Phi) is 4.92. The predicted molar refractivity (Wildman–Crippen MR) is 122 cm³/mol. The van der Waals surface area contributed by atoms with Crippen LogP contribution in [0.1, 0.15) is 25.7 Å². The lowest BCUT2D eigenvalue weighted by molar-refractivity contribution is -0.117. The van der Waals surface area contributed by atoms with Crippen LogP contribution in [0.5, 0.6) is 0 Å². The third-order valence-corrected chi connectivity index (χ3v) is 6.80. The van der Waals surface area contributed by atoms with Gasteiger partial charge in [-0.2, -0.15) is 5.10 Å². The van der Waals surface area contributed by atoms with Gasteiger partial charge in [-0.05, 0) is 25.7 Å². The van der Waals surface area contributed by atoms with Gasteiger partial charge in [0.05, 0.1) is 52.5 Å². The van der Waals surface area contributed by atoms with E-state index in [1.165, 1.54) is 6.20 Å². The minimum absolute atomic E-state index is 0.0738. The number of amides is 1. The summed E-state index contributed by atoms with van der Waals surface area (Å²) in [5.41, 5.74) is 1.85. The first-order valence-corrected chi connectivity index (χ1v) is 11.4. The van der Waals surface area contributed by atoms with Gasteiger partial charge in [-0.25, -0.2) is 13.8 Å². The third-order valence-electron chi connectivity index (χ3n) is 6.44. The summed E-state index contributed by atoms with van der Waals surface area (Å²) in [7, 11) is 0. The number of fused-ring (bicyclic) bond motifs is 2. The lowest BCUT2D eigenvalue weighted by atomic mass is 10.0. The van der Waals surface area contributed by atoms with Crippen LogP contribution >= 0.6 is 11.6 Å². The molecule has 2 aliphatic carbocycles. The molecule has 2 unspecified atom stereocenters. The second-order valence-electron chi connectivity index (χ2n) is 8.86. The number of aromatic nitrogens is 5. The number of nitrogens with one attached hydrogen (secondary N) is 3. The lowest BCUT2D eigenvalue weighted by Gasteiger charge is -2.17. The Bertz CT molecular complexity index is 1440. The van der Waals surface area contributed by atoms with Gasteiger partial charge in [0.2, 0.25) is 5.91 Å². The van der Waals surface area contributed by atoms with Crippen molar-refractivity contribution in [3.05, 3.63) is 35.6 Å². The number of hydrogen-bond donors (Lipinski definition) is 4. The Morgan fingerprint density at radius 2 is 2.09 bits per heavy atom. The zero-order chi connectivity index (χ0) is 23.6. The minimum atomic E-state index is -1.10. The van der Waals surface area contributed by atoms with Gasteiger partial charge in [0, 0.05) is 23.2 Å². The van der Waals surface area contributed by atoms with Crippen molar-refractivity contribution >= 4 is 45.6 Å². The smallest absolute Gasteiger partial charge is 0.231 e. The number of aliphatic hydroxyl groups is 1. The molecular weight excluding hydrogens is 468 g/mol. The summed E-state index contributed by atoms with van der Waals surface area (Å²) in [5, 5.41) is 23.0. The SMILES string of the molecule is O=C(Nc1cn2cc(-c3c(Cl)c(F)c(N[C@H]4CC[C@@H](O)C4)c4[nH]ncc34)ncc2n1)C1CC1F. The Morgan fingerprint density at radius 3 is 2.82 bits per heavy atom. The molecule has 3 aromatic heterocycles. The number of carbonyl (C=O) groups excluding carboxylic acids is 1. The zero-order valence-corrected chi connectivity index (χ0v) is 18.5. The molecular formula is C22H20ClF2N7O2. The maximum Gasteiger partial charge on any atom is 0.231 e. The molecule has 0 aliphatic heterocycles.